The molecule has 0 aliphatic carbocycles. The van der Waals surface area contributed by atoms with Crippen LogP contribution in [0.15, 0.2) is 54.0 Å². The van der Waals surface area contributed by atoms with Crippen LogP contribution in [0.3, 0.4) is 0 Å². The third kappa shape index (κ3) is 5.85. The second kappa shape index (κ2) is 12.0. The fourth-order valence-electron chi connectivity index (χ4n) is 4.68. The summed E-state index contributed by atoms with van der Waals surface area (Å²) in [5, 5.41) is 2.13. The zero-order valence-electron chi connectivity index (χ0n) is 22.2. The summed E-state index contributed by atoms with van der Waals surface area (Å²) in [5.41, 5.74) is 4.71. The van der Waals surface area contributed by atoms with Crippen LogP contribution in [0.4, 0.5) is 0 Å². The maximum Gasteiger partial charge on any atom is 0.253 e. The Bertz CT molecular complexity index is 1380. The number of methoxy groups -OCH3 is 2. The quantitative estimate of drug-likeness (QED) is 0.300. The van der Waals surface area contributed by atoms with Crippen LogP contribution in [0.2, 0.25) is 0 Å². The van der Waals surface area contributed by atoms with E-state index in [9.17, 15) is 4.79 Å². The Morgan fingerprint density at radius 2 is 1.87 bits per heavy atom. The number of ether oxygens (including phenoxy) is 3. The van der Waals surface area contributed by atoms with E-state index in [1.54, 1.807) is 25.6 Å². The molecule has 8 nitrogen and oxygen atoms in total. The second-order valence-electron chi connectivity index (χ2n) is 9.43. The zero-order chi connectivity index (χ0) is 26.5. The number of carbonyl (C=O) groups excluding carboxylic acids is 1. The molecular weight excluding hydrogens is 500 g/mol. The molecule has 5 rings (SSSR count). The van der Waals surface area contributed by atoms with Gasteiger partial charge < -0.3 is 19.1 Å². The normalized spacial score (nSPS) is 14.1. The smallest absolute Gasteiger partial charge is 0.253 e. The molecule has 2 aromatic carbocycles. The van der Waals surface area contributed by atoms with Gasteiger partial charge in [0.05, 0.1) is 33.1 Å². The monoisotopic (exact) mass is 534 g/mol. The van der Waals surface area contributed by atoms with E-state index in [-0.39, 0.29) is 5.91 Å². The molecule has 1 amide bonds. The summed E-state index contributed by atoms with van der Waals surface area (Å²) in [4.78, 5) is 23.6. The Kier molecular flexibility index (Phi) is 8.26. The van der Waals surface area contributed by atoms with Crippen molar-refractivity contribution in [2.45, 2.75) is 13.3 Å². The number of hydrogen-bond donors (Lipinski definition) is 0. The molecule has 0 atom stereocenters. The lowest BCUT2D eigenvalue weighted by Gasteiger charge is -2.30. The molecule has 9 heteroatoms. The van der Waals surface area contributed by atoms with Crippen molar-refractivity contribution in [2.75, 3.05) is 60.2 Å². The lowest BCUT2D eigenvalue weighted by atomic mass is 10.1. The summed E-state index contributed by atoms with van der Waals surface area (Å²) in [7, 11) is 3.31. The highest BCUT2D eigenvalue weighted by atomic mass is 32.1. The third-order valence-electron chi connectivity index (χ3n) is 6.98. The minimum absolute atomic E-state index is 0.0668. The fraction of sp³-hybridized carbons (Fsp3) is 0.379. The molecule has 38 heavy (non-hydrogen) atoms. The molecule has 1 aliphatic rings. The van der Waals surface area contributed by atoms with Gasteiger partial charge in [-0.3, -0.25) is 14.1 Å². The Balaban J connectivity index is 1.35. The van der Waals surface area contributed by atoms with Crippen molar-refractivity contribution in [3.63, 3.8) is 0 Å². The molecule has 0 bridgehead atoms. The largest absolute Gasteiger partial charge is 0.497 e. The van der Waals surface area contributed by atoms with Crippen molar-refractivity contribution in [3.05, 3.63) is 70.9 Å². The first-order valence-electron chi connectivity index (χ1n) is 12.9. The number of aryl methyl sites for hydroxylation is 1. The van der Waals surface area contributed by atoms with Gasteiger partial charge in [-0.25, -0.2) is 4.98 Å². The number of amides is 1. The van der Waals surface area contributed by atoms with E-state index in [0.717, 1.165) is 83.8 Å². The van der Waals surface area contributed by atoms with Crippen LogP contribution in [-0.2, 0) is 11.2 Å². The van der Waals surface area contributed by atoms with Crippen LogP contribution in [0.5, 0.6) is 11.5 Å². The van der Waals surface area contributed by atoms with Crippen LogP contribution in [-0.4, -0.2) is 85.2 Å². The van der Waals surface area contributed by atoms with Crippen molar-refractivity contribution in [3.8, 4) is 22.8 Å². The van der Waals surface area contributed by atoms with Gasteiger partial charge >= 0.3 is 0 Å². The van der Waals surface area contributed by atoms with E-state index >= 15 is 0 Å². The maximum absolute atomic E-state index is 13.5. The SMILES string of the molecule is COc1ccc(OC)c(-c2cn3c(CCN(CCN4CCOCC4)C(=O)c4ccc(C)cc4)csc3n2)c1. The van der Waals surface area contributed by atoms with Crippen LogP contribution in [0.25, 0.3) is 16.2 Å². The summed E-state index contributed by atoms with van der Waals surface area (Å²) >= 11 is 1.60. The number of nitrogens with zero attached hydrogens (tertiary/aromatic N) is 4. The molecule has 0 N–H and O–H groups in total. The molecule has 0 saturated carbocycles. The van der Waals surface area contributed by atoms with E-state index in [0.29, 0.717) is 13.1 Å². The average molecular weight is 535 g/mol. The zero-order valence-corrected chi connectivity index (χ0v) is 23.0. The first-order valence-corrected chi connectivity index (χ1v) is 13.8. The van der Waals surface area contributed by atoms with E-state index in [1.807, 2.05) is 60.5 Å². The van der Waals surface area contributed by atoms with E-state index < -0.39 is 0 Å². The van der Waals surface area contributed by atoms with Crippen LogP contribution in [0, 0.1) is 6.92 Å². The van der Waals surface area contributed by atoms with Gasteiger partial charge in [-0.2, -0.15) is 0 Å². The Morgan fingerprint density at radius 3 is 2.61 bits per heavy atom. The first-order chi connectivity index (χ1) is 18.6. The Labute approximate surface area is 227 Å². The second-order valence-corrected chi connectivity index (χ2v) is 10.3. The third-order valence-corrected chi connectivity index (χ3v) is 7.87. The van der Waals surface area contributed by atoms with Crippen molar-refractivity contribution < 1.29 is 19.0 Å². The van der Waals surface area contributed by atoms with Gasteiger partial charge in [-0.15, -0.1) is 11.3 Å². The number of fused-ring (bicyclic) bond motifs is 1. The molecule has 4 aromatic rings. The average Bonchev–Trinajstić information content (AvgIpc) is 3.55. The van der Waals surface area contributed by atoms with Crippen molar-refractivity contribution in [1.82, 2.24) is 19.2 Å². The molecule has 1 fully saturated rings. The van der Waals surface area contributed by atoms with Crippen molar-refractivity contribution >= 4 is 22.2 Å². The fourth-order valence-corrected chi connectivity index (χ4v) is 5.59. The molecule has 2 aromatic heterocycles. The topological polar surface area (TPSA) is 68.5 Å². The Morgan fingerprint density at radius 1 is 1.08 bits per heavy atom. The van der Waals surface area contributed by atoms with Gasteiger partial charge in [0.25, 0.3) is 5.91 Å². The first kappa shape index (κ1) is 26.2. The van der Waals surface area contributed by atoms with Gasteiger partial charge in [0.2, 0.25) is 0 Å². The van der Waals surface area contributed by atoms with Crippen LogP contribution >= 0.6 is 11.3 Å². The molecule has 0 unspecified atom stereocenters. The summed E-state index contributed by atoms with van der Waals surface area (Å²) in [6, 6.07) is 13.6. The minimum atomic E-state index is 0.0668. The number of carbonyl (C=O) groups is 1. The van der Waals surface area contributed by atoms with Gasteiger partial charge in [-0.05, 0) is 37.3 Å². The summed E-state index contributed by atoms with van der Waals surface area (Å²) in [6.07, 6.45) is 2.77. The predicted octanol–water partition coefficient (Wildman–Crippen LogP) is 4.41. The van der Waals surface area contributed by atoms with Gasteiger partial charge in [0.1, 0.15) is 11.5 Å². The Hall–Kier alpha value is -3.40. The highest BCUT2D eigenvalue weighted by Gasteiger charge is 2.20. The summed E-state index contributed by atoms with van der Waals surface area (Å²) in [6.45, 7) is 7.48. The molecule has 200 valence electrons. The highest BCUT2D eigenvalue weighted by molar-refractivity contribution is 7.15. The standard InChI is InChI=1S/C29H34N4O4S/c1-21-4-6-22(7-5-21)28(34)32(13-12-31-14-16-37-17-15-31)11-10-23-20-38-29-30-26(19-33(23)29)25-18-24(35-2)8-9-27(25)36-3/h4-9,18-20H,10-17H2,1-3H3. The lowest BCUT2D eigenvalue weighted by molar-refractivity contribution is 0.0325. The number of hydrogen-bond acceptors (Lipinski definition) is 7. The van der Waals surface area contributed by atoms with E-state index in [4.69, 9.17) is 19.2 Å². The summed E-state index contributed by atoms with van der Waals surface area (Å²) in [5.74, 6) is 1.57. The number of thiazole rings is 1. The van der Waals surface area contributed by atoms with Crippen LogP contribution in [0.1, 0.15) is 21.6 Å². The molecule has 1 saturated heterocycles. The van der Waals surface area contributed by atoms with Crippen molar-refractivity contribution in [1.29, 1.82) is 0 Å². The highest BCUT2D eigenvalue weighted by Crippen LogP contribution is 2.34. The van der Waals surface area contributed by atoms with Crippen molar-refractivity contribution in [2.24, 2.45) is 0 Å². The molecular formula is C29H34N4O4S. The number of morpholine rings is 1. The van der Waals surface area contributed by atoms with Gasteiger partial charge in [0, 0.05) is 67.5 Å². The minimum Gasteiger partial charge on any atom is -0.497 e. The number of imidazole rings is 1. The molecule has 1 aliphatic heterocycles. The van der Waals surface area contributed by atoms with Gasteiger partial charge in [-0.1, -0.05) is 17.7 Å². The number of aromatic nitrogens is 2. The lowest BCUT2D eigenvalue weighted by Crippen LogP contribution is -2.43. The van der Waals surface area contributed by atoms with E-state index in [2.05, 4.69) is 14.7 Å². The number of rotatable bonds is 10. The predicted molar refractivity (Wildman–Crippen MR) is 150 cm³/mol. The van der Waals surface area contributed by atoms with Crippen LogP contribution < -0.4 is 9.47 Å². The van der Waals surface area contributed by atoms with Gasteiger partial charge in [0.15, 0.2) is 4.96 Å². The molecule has 0 spiro atoms. The number of benzene rings is 2. The molecule has 3 heterocycles. The molecule has 0 radical (unpaired) electrons. The summed E-state index contributed by atoms with van der Waals surface area (Å²) < 4.78 is 18.6. The van der Waals surface area contributed by atoms with E-state index in [1.165, 1.54) is 0 Å². The maximum atomic E-state index is 13.5.